The second kappa shape index (κ2) is 7.34. The van der Waals surface area contributed by atoms with E-state index in [-0.39, 0.29) is 5.75 Å². The number of aromatic nitrogens is 1. The van der Waals surface area contributed by atoms with Crippen molar-refractivity contribution >= 4 is 15.5 Å². The van der Waals surface area contributed by atoms with Gasteiger partial charge in [0.1, 0.15) is 0 Å². The summed E-state index contributed by atoms with van der Waals surface area (Å²) in [6.45, 7) is 3.51. The molecule has 0 amide bonds. The number of rotatable bonds is 5. The van der Waals surface area contributed by atoms with Crippen LogP contribution in [0.5, 0.6) is 0 Å². The van der Waals surface area contributed by atoms with Crippen molar-refractivity contribution in [2.24, 2.45) is 5.92 Å². The van der Waals surface area contributed by atoms with Crippen LogP contribution in [0.15, 0.2) is 53.7 Å². The molecule has 4 nitrogen and oxygen atoms in total. The van der Waals surface area contributed by atoms with Crippen LogP contribution in [0.2, 0.25) is 0 Å². The fraction of sp³-hybridized carbons (Fsp3) is 0.421. The Bertz CT molecular complexity index is 767. The van der Waals surface area contributed by atoms with Gasteiger partial charge in [-0.15, -0.1) is 0 Å². The minimum Gasteiger partial charge on any atom is -0.370 e. The quantitative estimate of drug-likeness (QED) is 0.835. The lowest BCUT2D eigenvalue weighted by Gasteiger charge is -2.34. The molecule has 0 N–H and O–H groups in total. The lowest BCUT2D eigenvalue weighted by molar-refractivity contribution is 0.402. The fourth-order valence-electron chi connectivity index (χ4n) is 3.37. The highest BCUT2D eigenvalue weighted by Crippen LogP contribution is 2.30. The number of piperidine rings is 1. The summed E-state index contributed by atoms with van der Waals surface area (Å²) in [6, 6.07) is 11.5. The van der Waals surface area contributed by atoms with E-state index in [0.717, 1.165) is 38.0 Å². The average Bonchev–Trinajstić information content (AvgIpc) is 2.63. The van der Waals surface area contributed by atoms with Crippen molar-refractivity contribution in [1.29, 1.82) is 0 Å². The van der Waals surface area contributed by atoms with E-state index in [0.29, 0.717) is 10.8 Å². The van der Waals surface area contributed by atoms with Crippen LogP contribution < -0.4 is 4.90 Å². The summed E-state index contributed by atoms with van der Waals surface area (Å²) in [4.78, 5) is 6.88. The van der Waals surface area contributed by atoms with Crippen LogP contribution in [0.3, 0.4) is 0 Å². The predicted molar refractivity (Wildman–Crippen MR) is 97.0 cm³/mol. The summed E-state index contributed by atoms with van der Waals surface area (Å²) in [5.74, 6) is 0.780. The number of pyridine rings is 1. The van der Waals surface area contributed by atoms with Gasteiger partial charge in [0.05, 0.1) is 16.3 Å². The molecule has 0 atom stereocenters. The topological polar surface area (TPSA) is 50.3 Å². The standard InChI is InChI=1S/C19H24N2O2S/c1-2-24(22,23)19-8-4-3-7-18(19)21-12-9-16(10-13-21)14-17-6-5-11-20-15-17/h3-8,11,15-16H,2,9-10,12-14H2,1H3. The van der Waals surface area contributed by atoms with Gasteiger partial charge in [-0.2, -0.15) is 0 Å². The third-order valence-corrected chi connectivity index (χ3v) is 6.56. The fourth-order valence-corrected chi connectivity index (χ4v) is 4.48. The zero-order chi connectivity index (χ0) is 17.0. The maximum absolute atomic E-state index is 12.3. The summed E-state index contributed by atoms with van der Waals surface area (Å²) >= 11 is 0. The van der Waals surface area contributed by atoms with E-state index >= 15 is 0 Å². The maximum Gasteiger partial charge on any atom is 0.180 e. The van der Waals surface area contributed by atoms with Crippen LogP contribution in [0.1, 0.15) is 25.3 Å². The minimum atomic E-state index is -3.19. The van der Waals surface area contributed by atoms with Gasteiger partial charge in [-0.1, -0.05) is 25.1 Å². The highest BCUT2D eigenvalue weighted by atomic mass is 32.2. The van der Waals surface area contributed by atoms with E-state index in [1.54, 1.807) is 25.3 Å². The molecule has 0 aliphatic carbocycles. The van der Waals surface area contributed by atoms with Crippen molar-refractivity contribution < 1.29 is 8.42 Å². The van der Waals surface area contributed by atoms with Gasteiger partial charge in [0.25, 0.3) is 0 Å². The molecular weight excluding hydrogens is 320 g/mol. The van der Waals surface area contributed by atoms with E-state index in [1.807, 2.05) is 24.4 Å². The zero-order valence-corrected chi connectivity index (χ0v) is 14.9. The van der Waals surface area contributed by atoms with Gasteiger partial charge in [0.2, 0.25) is 0 Å². The van der Waals surface area contributed by atoms with Crippen molar-refractivity contribution in [2.75, 3.05) is 23.7 Å². The molecule has 0 bridgehead atoms. The van der Waals surface area contributed by atoms with Gasteiger partial charge in [-0.25, -0.2) is 8.42 Å². The Balaban J connectivity index is 1.69. The third-order valence-electron chi connectivity index (χ3n) is 4.78. The monoisotopic (exact) mass is 344 g/mol. The molecule has 2 aromatic rings. The Morgan fingerprint density at radius 1 is 1.12 bits per heavy atom. The molecule has 0 spiro atoms. The molecule has 1 saturated heterocycles. The molecule has 0 unspecified atom stereocenters. The number of sulfone groups is 1. The number of benzene rings is 1. The van der Waals surface area contributed by atoms with Crippen LogP contribution in [-0.2, 0) is 16.3 Å². The van der Waals surface area contributed by atoms with Gasteiger partial charge in [0.15, 0.2) is 9.84 Å². The first-order chi connectivity index (χ1) is 11.6. The van der Waals surface area contributed by atoms with E-state index in [4.69, 9.17) is 0 Å². The van der Waals surface area contributed by atoms with Crippen molar-refractivity contribution in [1.82, 2.24) is 4.98 Å². The zero-order valence-electron chi connectivity index (χ0n) is 14.1. The van der Waals surface area contributed by atoms with Gasteiger partial charge >= 0.3 is 0 Å². The summed E-state index contributed by atoms with van der Waals surface area (Å²) in [6.07, 6.45) is 6.95. The summed E-state index contributed by atoms with van der Waals surface area (Å²) in [5.41, 5.74) is 2.14. The summed E-state index contributed by atoms with van der Waals surface area (Å²) < 4.78 is 24.7. The smallest absolute Gasteiger partial charge is 0.180 e. The molecule has 0 radical (unpaired) electrons. The van der Waals surface area contributed by atoms with Crippen molar-refractivity contribution in [3.8, 4) is 0 Å². The highest BCUT2D eigenvalue weighted by molar-refractivity contribution is 7.91. The average molecular weight is 344 g/mol. The molecule has 1 aliphatic rings. The van der Waals surface area contributed by atoms with E-state index < -0.39 is 9.84 Å². The number of hydrogen-bond donors (Lipinski definition) is 0. The Hall–Kier alpha value is -1.88. The second-order valence-corrected chi connectivity index (χ2v) is 8.61. The minimum absolute atomic E-state index is 0.140. The molecule has 0 saturated carbocycles. The molecular formula is C19H24N2O2S. The van der Waals surface area contributed by atoms with Crippen LogP contribution in [0.25, 0.3) is 0 Å². The first-order valence-corrected chi connectivity index (χ1v) is 10.2. The van der Waals surface area contributed by atoms with E-state index in [2.05, 4.69) is 16.0 Å². The Labute approximate surface area is 144 Å². The molecule has 5 heteroatoms. The first kappa shape index (κ1) is 17.0. The number of nitrogens with zero attached hydrogens (tertiary/aromatic N) is 2. The van der Waals surface area contributed by atoms with Crippen LogP contribution >= 0.6 is 0 Å². The lowest BCUT2D eigenvalue weighted by Crippen LogP contribution is -2.35. The Morgan fingerprint density at radius 2 is 1.88 bits per heavy atom. The number of anilines is 1. The molecule has 2 heterocycles. The van der Waals surface area contributed by atoms with E-state index in [9.17, 15) is 8.42 Å². The molecule has 24 heavy (non-hydrogen) atoms. The predicted octanol–water partition coefficient (Wildman–Crippen LogP) is 3.33. The van der Waals surface area contributed by atoms with Gasteiger partial charge < -0.3 is 4.90 Å². The normalized spacial score (nSPS) is 16.3. The first-order valence-electron chi connectivity index (χ1n) is 8.56. The van der Waals surface area contributed by atoms with Crippen LogP contribution in [-0.4, -0.2) is 32.2 Å². The molecule has 3 rings (SSSR count). The van der Waals surface area contributed by atoms with Crippen molar-refractivity contribution in [2.45, 2.75) is 31.1 Å². The van der Waals surface area contributed by atoms with Crippen molar-refractivity contribution in [3.05, 3.63) is 54.4 Å². The van der Waals surface area contributed by atoms with Crippen molar-refractivity contribution in [3.63, 3.8) is 0 Å². The maximum atomic E-state index is 12.3. The SMILES string of the molecule is CCS(=O)(=O)c1ccccc1N1CCC(Cc2cccnc2)CC1. The van der Waals surface area contributed by atoms with E-state index in [1.165, 1.54) is 5.56 Å². The number of hydrogen-bond acceptors (Lipinski definition) is 4. The Morgan fingerprint density at radius 3 is 2.54 bits per heavy atom. The molecule has 1 aliphatic heterocycles. The van der Waals surface area contributed by atoms with Crippen LogP contribution in [0.4, 0.5) is 5.69 Å². The number of para-hydroxylation sites is 1. The molecule has 1 aromatic carbocycles. The lowest BCUT2D eigenvalue weighted by atomic mass is 9.90. The molecule has 128 valence electrons. The molecule has 1 aromatic heterocycles. The summed E-state index contributed by atoms with van der Waals surface area (Å²) in [7, 11) is -3.19. The van der Waals surface area contributed by atoms with Gasteiger partial charge in [0, 0.05) is 25.5 Å². The third kappa shape index (κ3) is 3.78. The van der Waals surface area contributed by atoms with Crippen LogP contribution in [0, 0.1) is 5.92 Å². The Kier molecular flexibility index (Phi) is 5.19. The second-order valence-electron chi connectivity index (χ2n) is 6.37. The summed E-state index contributed by atoms with van der Waals surface area (Å²) in [5, 5.41) is 0. The molecule has 1 fully saturated rings. The largest absolute Gasteiger partial charge is 0.370 e. The van der Waals surface area contributed by atoms with Gasteiger partial charge in [-0.05, 0) is 48.9 Å². The highest BCUT2D eigenvalue weighted by Gasteiger charge is 2.24. The van der Waals surface area contributed by atoms with Gasteiger partial charge in [-0.3, -0.25) is 4.98 Å².